The van der Waals surface area contributed by atoms with E-state index in [2.05, 4.69) is 11.4 Å². The number of halogens is 3. The van der Waals surface area contributed by atoms with Crippen LogP contribution in [-0.2, 0) is 32.1 Å². The Morgan fingerprint density at radius 3 is 2.55 bits per heavy atom. The molecule has 0 atom stereocenters. The normalized spacial score (nSPS) is 13.8. The summed E-state index contributed by atoms with van der Waals surface area (Å²) in [5, 5.41) is 4.14. The molecule has 3 nitrogen and oxygen atoms in total. The molecular formula is C23H23F3N2O. The summed E-state index contributed by atoms with van der Waals surface area (Å²) in [6.45, 7) is 3.24. The van der Waals surface area contributed by atoms with Crippen LogP contribution in [0.25, 0.3) is 10.9 Å². The van der Waals surface area contributed by atoms with Crippen molar-refractivity contribution in [2.45, 2.75) is 45.5 Å². The lowest BCUT2D eigenvalue weighted by atomic mass is 10.0. The third-order valence-electron chi connectivity index (χ3n) is 5.54. The number of aromatic nitrogens is 1. The fourth-order valence-corrected chi connectivity index (χ4v) is 4.08. The molecule has 0 fully saturated rings. The smallest absolute Gasteiger partial charge is 0.313 e. The molecule has 3 aromatic rings. The third kappa shape index (κ3) is 3.94. The predicted octanol–water partition coefficient (Wildman–Crippen LogP) is 4.67. The van der Waals surface area contributed by atoms with E-state index in [1.165, 1.54) is 17.2 Å². The SMILES string of the molecule is CCNCc1cc2cc3c(cc2n(Cc2cccc(C(F)(F)F)c2)c1=O)CCC3. The number of fused-ring (bicyclic) bond motifs is 2. The minimum absolute atomic E-state index is 0.109. The van der Waals surface area contributed by atoms with E-state index in [0.29, 0.717) is 17.7 Å². The van der Waals surface area contributed by atoms with Crippen molar-refractivity contribution >= 4 is 10.9 Å². The molecule has 0 saturated heterocycles. The van der Waals surface area contributed by atoms with E-state index < -0.39 is 11.7 Å². The van der Waals surface area contributed by atoms with Crippen molar-refractivity contribution in [2.75, 3.05) is 6.54 Å². The zero-order valence-electron chi connectivity index (χ0n) is 16.3. The van der Waals surface area contributed by atoms with Crippen molar-refractivity contribution in [3.05, 3.63) is 80.6 Å². The zero-order chi connectivity index (χ0) is 20.6. The predicted molar refractivity (Wildman–Crippen MR) is 108 cm³/mol. The van der Waals surface area contributed by atoms with Gasteiger partial charge in [0.2, 0.25) is 0 Å². The molecule has 29 heavy (non-hydrogen) atoms. The van der Waals surface area contributed by atoms with Crippen molar-refractivity contribution in [1.29, 1.82) is 0 Å². The van der Waals surface area contributed by atoms with Crippen LogP contribution >= 0.6 is 0 Å². The van der Waals surface area contributed by atoms with Gasteiger partial charge < -0.3 is 9.88 Å². The van der Waals surface area contributed by atoms with Gasteiger partial charge in [0.05, 0.1) is 17.6 Å². The second-order valence-electron chi connectivity index (χ2n) is 7.57. The number of aryl methyl sites for hydroxylation is 2. The highest BCUT2D eigenvalue weighted by Crippen LogP contribution is 2.30. The maximum Gasteiger partial charge on any atom is 0.416 e. The molecule has 0 radical (unpaired) electrons. The fraction of sp³-hybridized carbons (Fsp3) is 0.348. The molecule has 6 heteroatoms. The van der Waals surface area contributed by atoms with Crippen molar-refractivity contribution in [1.82, 2.24) is 9.88 Å². The summed E-state index contributed by atoms with van der Waals surface area (Å²) in [5.41, 5.74) is 3.55. The summed E-state index contributed by atoms with van der Waals surface area (Å²) >= 11 is 0. The molecule has 0 aliphatic heterocycles. The van der Waals surface area contributed by atoms with Crippen LogP contribution in [-0.4, -0.2) is 11.1 Å². The van der Waals surface area contributed by atoms with E-state index in [0.717, 1.165) is 48.8 Å². The van der Waals surface area contributed by atoms with E-state index in [9.17, 15) is 18.0 Å². The van der Waals surface area contributed by atoms with E-state index >= 15 is 0 Å². The maximum absolute atomic E-state index is 13.2. The van der Waals surface area contributed by atoms with Crippen molar-refractivity contribution in [3.63, 3.8) is 0 Å². The van der Waals surface area contributed by atoms with Gasteiger partial charge >= 0.3 is 6.18 Å². The largest absolute Gasteiger partial charge is 0.416 e. The van der Waals surface area contributed by atoms with Crippen LogP contribution in [0.5, 0.6) is 0 Å². The first-order chi connectivity index (χ1) is 13.9. The Morgan fingerprint density at radius 1 is 1.07 bits per heavy atom. The first kappa shape index (κ1) is 19.7. The van der Waals surface area contributed by atoms with Crippen LogP contribution in [0.1, 0.15) is 41.2 Å². The molecule has 152 valence electrons. The molecule has 0 spiro atoms. The van der Waals surface area contributed by atoms with Gasteiger partial charge in [-0.15, -0.1) is 0 Å². The number of nitrogens with zero attached hydrogens (tertiary/aromatic N) is 1. The van der Waals surface area contributed by atoms with E-state index in [4.69, 9.17) is 0 Å². The van der Waals surface area contributed by atoms with Gasteiger partial charge in [0, 0.05) is 12.1 Å². The lowest BCUT2D eigenvalue weighted by molar-refractivity contribution is -0.137. The topological polar surface area (TPSA) is 34.0 Å². The van der Waals surface area contributed by atoms with Gasteiger partial charge in [-0.2, -0.15) is 13.2 Å². The Hall–Kier alpha value is -2.60. The molecule has 1 heterocycles. The van der Waals surface area contributed by atoms with Gasteiger partial charge in [-0.1, -0.05) is 19.1 Å². The Kier molecular flexibility index (Phi) is 5.21. The maximum atomic E-state index is 13.2. The summed E-state index contributed by atoms with van der Waals surface area (Å²) in [5.74, 6) is 0. The summed E-state index contributed by atoms with van der Waals surface area (Å²) in [6, 6.07) is 11.3. The first-order valence-electron chi connectivity index (χ1n) is 9.92. The van der Waals surface area contributed by atoms with Crippen molar-refractivity contribution in [2.24, 2.45) is 0 Å². The highest BCUT2D eigenvalue weighted by Gasteiger charge is 2.30. The number of benzene rings is 2. The Bertz CT molecular complexity index is 1120. The summed E-state index contributed by atoms with van der Waals surface area (Å²) in [4.78, 5) is 13.2. The Labute approximate surface area is 167 Å². The molecule has 2 aromatic carbocycles. The molecule has 0 unspecified atom stereocenters. The van der Waals surface area contributed by atoms with Crippen molar-refractivity contribution < 1.29 is 13.2 Å². The fourth-order valence-electron chi connectivity index (χ4n) is 4.08. The minimum atomic E-state index is -4.41. The van der Waals surface area contributed by atoms with Gasteiger partial charge in [-0.25, -0.2) is 0 Å². The number of hydrogen-bond acceptors (Lipinski definition) is 2. The van der Waals surface area contributed by atoms with Crippen molar-refractivity contribution in [3.8, 4) is 0 Å². The average Bonchev–Trinajstić information content (AvgIpc) is 3.14. The van der Waals surface area contributed by atoms with E-state index in [1.807, 2.05) is 19.1 Å². The number of pyridine rings is 1. The quantitative estimate of drug-likeness (QED) is 0.676. The van der Waals surface area contributed by atoms with Crippen LogP contribution in [0.4, 0.5) is 13.2 Å². The monoisotopic (exact) mass is 400 g/mol. The lowest BCUT2D eigenvalue weighted by Crippen LogP contribution is -2.28. The standard InChI is InChI=1S/C23H23F3N2O/c1-2-27-13-19-11-18-10-16-6-4-7-17(16)12-21(18)28(22(19)29)14-15-5-3-8-20(9-15)23(24,25)26/h3,5,8-12,27H,2,4,6-7,13-14H2,1H3. The minimum Gasteiger partial charge on any atom is -0.313 e. The van der Waals surface area contributed by atoms with Gasteiger partial charge in [-0.3, -0.25) is 4.79 Å². The molecule has 4 rings (SSSR count). The lowest BCUT2D eigenvalue weighted by Gasteiger charge is -2.16. The molecule has 1 aromatic heterocycles. The second-order valence-corrected chi connectivity index (χ2v) is 7.57. The average molecular weight is 400 g/mol. The molecule has 0 amide bonds. The number of rotatable bonds is 5. The molecule has 0 saturated carbocycles. The Balaban J connectivity index is 1.85. The number of alkyl halides is 3. The first-order valence-corrected chi connectivity index (χ1v) is 9.92. The highest BCUT2D eigenvalue weighted by atomic mass is 19.4. The zero-order valence-corrected chi connectivity index (χ0v) is 16.3. The van der Waals surface area contributed by atoms with Gasteiger partial charge in [0.1, 0.15) is 0 Å². The van der Waals surface area contributed by atoms with Crippen LogP contribution < -0.4 is 10.9 Å². The molecule has 1 N–H and O–H groups in total. The number of hydrogen-bond donors (Lipinski definition) is 1. The molecular weight excluding hydrogens is 377 g/mol. The third-order valence-corrected chi connectivity index (χ3v) is 5.54. The van der Waals surface area contributed by atoms with Crippen LogP contribution in [0, 0.1) is 0 Å². The number of nitrogens with one attached hydrogen (secondary N) is 1. The van der Waals surface area contributed by atoms with Crippen LogP contribution in [0.2, 0.25) is 0 Å². The molecule has 1 aliphatic rings. The van der Waals surface area contributed by atoms with Gasteiger partial charge in [-0.05, 0) is 78.2 Å². The summed E-state index contributed by atoms with van der Waals surface area (Å²) in [6.07, 6.45) is -1.31. The highest BCUT2D eigenvalue weighted by molar-refractivity contribution is 5.82. The van der Waals surface area contributed by atoms with Gasteiger partial charge in [0.25, 0.3) is 5.56 Å². The Morgan fingerprint density at radius 2 is 1.83 bits per heavy atom. The second kappa shape index (κ2) is 7.67. The van der Waals surface area contributed by atoms with Crippen LogP contribution in [0.15, 0.2) is 47.3 Å². The van der Waals surface area contributed by atoms with E-state index in [-0.39, 0.29) is 12.1 Å². The summed E-state index contributed by atoms with van der Waals surface area (Å²) < 4.78 is 41.0. The van der Waals surface area contributed by atoms with E-state index in [1.54, 1.807) is 10.6 Å². The molecule has 1 aliphatic carbocycles. The van der Waals surface area contributed by atoms with Gasteiger partial charge in [0.15, 0.2) is 0 Å². The van der Waals surface area contributed by atoms with Crippen LogP contribution in [0.3, 0.4) is 0 Å². The molecule has 0 bridgehead atoms. The summed E-state index contributed by atoms with van der Waals surface area (Å²) in [7, 11) is 0.